The molecule has 8 nitrogen and oxygen atoms in total. The van der Waals surface area contributed by atoms with Crippen molar-refractivity contribution in [2.75, 3.05) is 20.9 Å². The molecule has 0 spiro atoms. The number of hydrogen-bond donors (Lipinski definition) is 2. The van der Waals surface area contributed by atoms with E-state index in [-0.39, 0.29) is 9.79 Å². The molecule has 38 heavy (non-hydrogen) atoms. The number of anilines is 3. The van der Waals surface area contributed by atoms with E-state index in [4.69, 9.17) is 11.6 Å². The van der Waals surface area contributed by atoms with Gasteiger partial charge < -0.3 is 5.32 Å². The molecule has 0 atom stereocenters. The Morgan fingerprint density at radius 1 is 0.763 bits per heavy atom. The summed E-state index contributed by atoms with van der Waals surface area (Å²) < 4.78 is 55.7. The van der Waals surface area contributed by atoms with Crippen LogP contribution in [0.5, 0.6) is 0 Å². The zero-order valence-electron chi connectivity index (χ0n) is 20.2. The molecular weight excluding hydrogens is 546 g/mol. The minimum Gasteiger partial charge on any atom is -0.325 e. The number of nitrogens with zero attached hydrogens (tertiary/aromatic N) is 1. The van der Waals surface area contributed by atoms with Crippen LogP contribution in [-0.2, 0) is 24.8 Å². The first kappa shape index (κ1) is 27.2. The number of aryl methyl sites for hydroxylation is 1. The summed E-state index contributed by atoms with van der Waals surface area (Å²) in [6.45, 7) is 1.34. The Hall–Kier alpha value is -3.86. The Morgan fingerprint density at radius 3 is 2.03 bits per heavy atom. The van der Waals surface area contributed by atoms with Gasteiger partial charge in [0.25, 0.3) is 20.0 Å². The third-order valence-electron chi connectivity index (χ3n) is 5.45. The van der Waals surface area contributed by atoms with Crippen LogP contribution in [0.25, 0.3) is 0 Å². The molecular formula is C27H24ClN3O5S2. The molecule has 1 amide bonds. The van der Waals surface area contributed by atoms with Crippen LogP contribution in [0.4, 0.5) is 17.1 Å². The normalized spacial score (nSPS) is 11.5. The molecule has 4 aromatic carbocycles. The van der Waals surface area contributed by atoms with Crippen LogP contribution < -0.4 is 14.3 Å². The third kappa shape index (κ3) is 6.52. The summed E-state index contributed by atoms with van der Waals surface area (Å²) in [4.78, 5) is 13.0. The highest BCUT2D eigenvalue weighted by Crippen LogP contribution is 2.25. The van der Waals surface area contributed by atoms with Gasteiger partial charge in [-0.25, -0.2) is 16.8 Å². The fraction of sp³-hybridized carbons (Fsp3) is 0.0741. The lowest BCUT2D eigenvalue weighted by Crippen LogP contribution is -2.38. The van der Waals surface area contributed by atoms with Crippen molar-refractivity contribution < 1.29 is 21.6 Å². The van der Waals surface area contributed by atoms with Crippen LogP contribution in [0, 0.1) is 6.92 Å². The minimum atomic E-state index is -4.04. The van der Waals surface area contributed by atoms with E-state index >= 15 is 0 Å². The van der Waals surface area contributed by atoms with Gasteiger partial charge in [0.1, 0.15) is 6.54 Å². The van der Waals surface area contributed by atoms with Gasteiger partial charge in [-0.2, -0.15) is 0 Å². The number of sulfonamides is 2. The monoisotopic (exact) mass is 569 g/mol. The van der Waals surface area contributed by atoms with Gasteiger partial charge in [-0.3, -0.25) is 13.8 Å². The van der Waals surface area contributed by atoms with Gasteiger partial charge in [0.15, 0.2) is 0 Å². The van der Waals surface area contributed by atoms with Gasteiger partial charge in [-0.15, -0.1) is 0 Å². The van der Waals surface area contributed by atoms with E-state index in [2.05, 4.69) is 10.0 Å². The minimum absolute atomic E-state index is 0.0153. The largest absolute Gasteiger partial charge is 0.325 e. The van der Waals surface area contributed by atoms with E-state index in [1.54, 1.807) is 48.5 Å². The first-order valence-corrected chi connectivity index (χ1v) is 14.7. The second-order valence-corrected chi connectivity index (χ2v) is 12.3. The number of nitrogens with one attached hydrogen (secondary N) is 2. The first-order chi connectivity index (χ1) is 18.0. The first-order valence-electron chi connectivity index (χ1n) is 11.4. The van der Waals surface area contributed by atoms with Crippen molar-refractivity contribution >= 4 is 54.6 Å². The smallest absolute Gasteiger partial charge is 0.264 e. The van der Waals surface area contributed by atoms with Crippen molar-refractivity contribution in [2.24, 2.45) is 0 Å². The van der Waals surface area contributed by atoms with Crippen molar-refractivity contribution in [3.63, 3.8) is 0 Å². The molecule has 0 aliphatic rings. The lowest BCUT2D eigenvalue weighted by molar-refractivity contribution is -0.114. The fourth-order valence-electron chi connectivity index (χ4n) is 3.60. The number of carbonyl (C=O) groups is 1. The van der Waals surface area contributed by atoms with Gasteiger partial charge in [0.05, 0.1) is 15.5 Å². The molecule has 196 valence electrons. The number of rotatable bonds is 9. The number of halogens is 1. The average molecular weight is 570 g/mol. The zero-order valence-corrected chi connectivity index (χ0v) is 22.6. The summed E-state index contributed by atoms with van der Waals surface area (Å²) in [6.07, 6.45) is 0. The molecule has 0 heterocycles. The molecule has 0 aromatic heterocycles. The second-order valence-electron chi connectivity index (χ2n) is 8.35. The Labute approximate surface area is 227 Å². The third-order valence-corrected chi connectivity index (χ3v) is 8.89. The fourth-order valence-corrected chi connectivity index (χ4v) is 6.22. The molecule has 2 N–H and O–H groups in total. The number of benzene rings is 4. The molecule has 0 bridgehead atoms. The van der Waals surface area contributed by atoms with Crippen molar-refractivity contribution in [2.45, 2.75) is 16.7 Å². The van der Waals surface area contributed by atoms with Gasteiger partial charge in [0, 0.05) is 16.4 Å². The maximum Gasteiger partial charge on any atom is 0.264 e. The standard InChI is InChI=1S/C27H24ClN3O5S2/c1-20-6-5-7-24(18-20)31(38(35,36)26-8-3-2-4-9-26)19-27(32)29-22-14-16-25(17-15-22)37(33,34)30-23-12-10-21(28)11-13-23/h2-18,30H,19H2,1H3,(H,29,32). The van der Waals surface area contributed by atoms with E-state index < -0.39 is 32.5 Å². The lowest BCUT2D eigenvalue weighted by Gasteiger charge is -2.24. The van der Waals surface area contributed by atoms with Crippen LogP contribution >= 0.6 is 11.6 Å². The number of carbonyl (C=O) groups excluding carboxylic acids is 1. The topological polar surface area (TPSA) is 113 Å². The average Bonchev–Trinajstić information content (AvgIpc) is 2.89. The molecule has 0 saturated heterocycles. The van der Waals surface area contributed by atoms with Gasteiger partial charge >= 0.3 is 0 Å². The molecule has 0 unspecified atom stereocenters. The Balaban J connectivity index is 1.52. The highest BCUT2D eigenvalue weighted by atomic mass is 35.5. The van der Waals surface area contributed by atoms with Crippen molar-refractivity contribution in [1.82, 2.24) is 0 Å². The van der Waals surface area contributed by atoms with Crippen LogP contribution in [0.3, 0.4) is 0 Å². The molecule has 4 aromatic rings. The summed E-state index contributed by atoms with van der Waals surface area (Å²) in [5, 5.41) is 3.12. The molecule has 0 fully saturated rings. The van der Waals surface area contributed by atoms with Crippen molar-refractivity contribution in [3.05, 3.63) is 114 Å². The quantitative estimate of drug-likeness (QED) is 0.285. The zero-order chi connectivity index (χ0) is 27.3. The molecule has 0 aliphatic carbocycles. The predicted molar refractivity (Wildman–Crippen MR) is 149 cm³/mol. The molecule has 0 radical (unpaired) electrons. The summed E-state index contributed by atoms with van der Waals surface area (Å²) in [5.74, 6) is -0.596. The SMILES string of the molecule is Cc1cccc(N(CC(=O)Nc2ccc(S(=O)(=O)Nc3ccc(Cl)cc3)cc2)S(=O)(=O)c2ccccc2)c1. The van der Waals surface area contributed by atoms with Crippen molar-refractivity contribution in [3.8, 4) is 0 Å². The maximum absolute atomic E-state index is 13.4. The van der Waals surface area contributed by atoms with Crippen molar-refractivity contribution in [1.29, 1.82) is 0 Å². The highest BCUT2D eigenvalue weighted by molar-refractivity contribution is 7.93. The van der Waals surface area contributed by atoms with E-state index in [1.807, 2.05) is 13.0 Å². The molecule has 0 saturated carbocycles. The Morgan fingerprint density at radius 2 is 1.39 bits per heavy atom. The van der Waals surface area contributed by atoms with Crippen LogP contribution in [0.15, 0.2) is 113 Å². The summed E-state index contributed by atoms with van der Waals surface area (Å²) >= 11 is 5.84. The summed E-state index contributed by atoms with van der Waals surface area (Å²) in [6, 6.07) is 26.4. The van der Waals surface area contributed by atoms with E-state index in [9.17, 15) is 21.6 Å². The van der Waals surface area contributed by atoms with E-state index in [1.165, 1.54) is 48.5 Å². The lowest BCUT2D eigenvalue weighted by atomic mass is 10.2. The second kappa shape index (κ2) is 11.3. The Bertz CT molecular complexity index is 1640. The van der Waals surface area contributed by atoms with E-state index in [0.717, 1.165) is 9.87 Å². The summed E-state index contributed by atoms with van der Waals surface area (Å²) in [7, 11) is -7.91. The Kier molecular flexibility index (Phi) is 8.05. The number of amides is 1. The van der Waals surface area contributed by atoms with Gasteiger partial charge in [-0.1, -0.05) is 41.9 Å². The highest BCUT2D eigenvalue weighted by Gasteiger charge is 2.27. The van der Waals surface area contributed by atoms with Crippen LogP contribution in [0.2, 0.25) is 5.02 Å². The van der Waals surface area contributed by atoms with Gasteiger partial charge in [-0.05, 0) is 85.3 Å². The predicted octanol–water partition coefficient (Wildman–Crippen LogP) is 5.28. The van der Waals surface area contributed by atoms with Crippen LogP contribution in [0.1, 0.15) is 5.56 Å². The molecule has 0 aliphatic heterocycles. The number of hydrogen-bond acceptors (Lipinski definition) is 5. The van der Waals surface area contributed by atoms with Crippen LogP contribution in [-0.4, -0.2) is 29.3 Å². The molecule has 11 heteroatoms. The van der Waals surface area contributed by atoms with E-state index in [0.29, 0.717) is 22.1 Å². The molecule has 4 rings (SSSR count). The maximum atomic E-state index is 13.4. The summed E-state index contributed by atoms with van der Waals surface area (Å²) in [5.41, 5.74) is 1.84. The van der Waals surface area contributed by atoms with Gasteiger partial charge in [0.2, 0.25) is 5.91 Å².